The average molecular weight is 419 g/mol. The minimum absolute atomic E-state index is 0.0477. The predicted octanol–water partition coefficient (Wildman–Crippen LogP) is 4.79. The summed E-state index contributed by atoms with van der Waals surface area (Å²) in [5, 5.41) is 1.74. The van der Waals surface area contributed by atoms with E-state index in [1.165, 1.54) is 0 Å². The molecule has 7 heteroatoms. The van der Waals surface area contributed by atoms with E-state index in [1.54, 1.807) is 28.6 Å². The molecule has 0 amide bonds. The lowest BCUT2D eigenvalue weighted by molar-refractivity contribution is 0.242. The van der Waals surface area contributed by atoms with E-state index in [2.05, 4.69) is 4.98 Å². The lowest BCUT2D eigenvalue weighted by atomic mass is 9.98. The van der Waals surface area contributed by atoms with Gasteiger partial charge >= 0.3 is 0 Å². The highest BCUT2D eigenvalue weighted by Gasteiger charge is 2.34. The lowest BCUT2D eigenvalue weighted by Gasteiger charge is -2.17. The molecule has 1 atom stereocenters. The van der Waals surface area contributed by atoms with Crippen molar-refractivity contribution in [1.82, 2.24) is 9.29 Å². The van der Waals surface area contributed by atoms with Gasteiger partial charge in [-0.1, -0.05) is 23.7 Å². The van der Waals surface area contributed by atoms with Gasteiger partial charge in [-0.3, -0.25) is 0 Å². The molecule has 0 spiro atoms. The van der Waals surface area contributed by atoms with Crippen molar-refractivity contribution < 1.29 is 13.2 Å². The number of H-pyrrole nitrogens is 1. The molecule has 0 bridgehead atoms. The summed E-state index contributed by atoms with van der Waals surface area (Å²) >= 11 is 6.25. The summed E-state index contributed by atoms with van der Waals surface area (Å²) in [6.45, 7) is 4.84. The standard InChI is InChI=1S/C21H23ClN2O3S/c1-14(2)27-16-6-8-17(9-7-16)28(25,26)24-11-10-15(13-24)19-12-23-21-18(19)4-3-5-20(21)22/h3-9,12,14-15,23H,10-11,13H2,1-2H3. The number of fused-ring (bicyclic) bond motifs is 1. The predicted molar refractivity (Wildman–Crippen MR) is 112 cm³/mol. The van der Waals surface area contributed by atoms with Crippen molar-refractivity contribution in [3.8, 4) is 5.75 Å². The van der Waals surface area contributed by atoms with E-state index in [0.29, 0.717) is 28.8 Å². The van der Waals surface area contributed by atoms with Crippen molar-refractivity contribution in [3.05, 3.63) is 59.2 Å². The molecule has 0 saturated carbocycles. The Morgan fingerprint density at radius 1 is 1.18 bits per heavy atom. The molecule has 2 heterocycles. The monoisotopic (exact) mass is 418 g/mol. The highest BCUT2D eigenvalue weighted by atomic mass is 35.5. The number of halogens is 1. The zero-order chi connectivity index (χ0) is 19.9. The Labute approximate surface area is 170 Å². The first-order valence-corrected chi connectivity index (χ1v) is 11.2. The molecule has 1 aliphatic heterocycles. The van der Waals surface area contributed by atoms with Gasteiger partial charge < -0.3 is 9.72 Å². The quantitative estimate of drug-likeness (QED) is 0.648. The van der Waals surface area contributed by atoms with Gasteiger partial charge in [0.1, 0.15) is 5.75 Å². The molecule has 5 nitrogen and oxygen atoms in total. The molecule has 148 valence electrons. The van der Waals surface area contributed by atoms with Crippen molar-refractivity contribution in [2.24, 2.45) is 0 Å². The van der Waals surface area contributed by atoms with E-state index in [9.17, 15) is 8.42 Å². The van der Waals surface area contributed by atoms with E-state index in [0.717, 1.165) is 22.9 Å². The Kier molecular flexibility index (Phi) is 5.12. The van der Waals surface area contributed by atoms with Gasteiger partial charge in [-0.15, -0.1) is 0 Å². The van der Waals surface area contributed by atoms with Gasteiger partial charge in [0, 0.05) is 30.6 Å². The molecule has 0 radical (unpaired) electrons. The molecular formula is C21H23ClN2O3S. The molecule has 28 heavy (non-hydrogen) atoms. The smallest absolute Gasteiger partial charge is 0.243 e. The maximum Gasteiger partial charge on any atom is 0.243 e. The van der Waals surface area contributed by atoms with Gasteiger partial charge in [-0.05, 0) is 56.2 Å². The normalized spacial score (nSPS) is 18.2. The molecule has 1 fully saturated rings. The highest BCUT2D eigenvalue weighted by Crippen LogP contribution is 2.36. The van der Waals surface area contributed by atoms with Crippen LogP contribution in [-0.2, 0) is 10.0 Å². The number of benzene rings is 2. The first kappa shape index (κ1) is 19.3. The number of aromatic nitrogens is 1. The topological polar surface area (TPSA) is 62.4 Å². The van der Waals surface area contributed by atoms with Crippen LogP contribution < -0.4 is 4.74 Å². The summed E-state index contributed by atoms with van der Waals surface area (Å²) in [6.07, 6.45) is 2.79. The maximum absolute atomic E-state index is 13.1. The molecule has 4 rings (SSSR count). The van der Waals surface area contributed by atoms with Crippen molar-refractivity contribution in [1.29, 1.82) is 0 Å². The van der Waals surface area contributed by atoms with E-state index >= 15 is 0 Å². The van der Waals surface area contributed by atoms with Crippen LogP contribution in [0.2, 0.25) is 5.02 Å². The second-order valence-corrected chi connectivity index (χ2v) is 9.74. The highest BCUT2D eigenvalue weighted by molar-refractivity contribution is 7.89. The molecule has 2 aromatic carbocycles. The largest absolute Gasteiger partial charge is 0.491 e. The second kappa shape index (κ2) is 7.43. The van der Waals surface area contributed by atoms with E-state index in [1.807, 2.05) is 38.2 Å². The molecule has 1 saturated heterocycles. The number of nitrogens with one attached hydrogen (secondary N) is 1. The molecule has 1 aromatic heterocycles. The first-order valence-electron chi connectivity index (χ1n) is 9.38. The molecular weight excluding hydrogens is 396 g/mol. The van der Waals surface area contributed by atoms with E-state index in [-0.39, 0.29) is 12.0 Å². The SMILES string of the molecule is CC(C)Oc1ccc(S(=O)(=O)N2CCC(c3c[nH]c4c(Cl)cccc34)C2)cc1. The second-order valence-electron chi connectivity index (χ2n) is 7.39. The Morgan fingerprint density at radius 2 is 1.93 bits per heavy atom. The summed E-state index contributed by atoms with van der Waals surface area (Å²) in [7, 11) is -3.53. The van der Waals surface area contributed by atoms with Gasteiger partial charge in [0.25, 0.3) is 0 Å². The Hall–Kier alpha value is -2.02. The minimum Gasteiger partial charge on any atom is -0.491 e. The fraction of sp³-hybridized carbons (Fsp3) is 0.333. The lowest BCUT2D eigenvalue weighted by Crippen LogP contribution is -2.28. The van der Waals surface area contributed by atoms with Gasteiger partial charge in [-0.2, -0.15) is 4.31 Å². The summed E-state index contributed by atoms with van der Waals surface area (Å²) in [6, 6.07) is 12.5. The summed E-state index contributed by atoms with van der Waals surface area (Å²) in [5.41, 5.74) is 2.03. The Bertz CT molecular complexity index is 1090. The number of nitrogens with zero attached hydrogens (tertiary/aromatic N) is 1. The van der Waals surface area contributed by atoms with Crippen LogP contribution in [0.15, 0.2) is 53.6 Å². The van der Waals surface area contributed by atoms with Gasteiger partial charge in [0.2, 0.25) is 10.0 Å². The fourth-order valence-corrected chi connectivity index (χ4v) is 5.52. The van der Waals surface area contributed by atoms with Crippen LogP contribution in [0.1, 0.15) is 31.7 Å². The number of aromatic amines is 1. The Morgan fingerprint density at radius 3 is 2.64 bits per heavy atom. The zero-order valence-electron chi connectivity index (χ0n) is 15.9. The number of rotatable bonds is 5. The summed E-state index contributed by atoms with van der Waals surface area (Å²) in [4.78, 5) is 3.52. The van der Waals surface area contributed by atoms with Gasteiger partial charge in [0.15, 0.2) is 0 Å². The molecule has 1 N–H and O–H groups in total. The Balaban J connectivity index is 1.55. The third kappa shape index (κ3) is 3.52. The molecule has 1 aliphatic rings. The maximum atomic E-state index is 13.1. The minimum atomic E-state index is -3.53. The molecule has 1 unspecified atom stereocenters. The zero-order valence-corrected chi connectivity index (χ0v) is 17.4. The number of ether oxygens (including phenoxy) is 1. The average Bonchev–Trinajstić information content (AvgIpc) is 3.29. The number of hydrogen-bond donors (Lipinski definition) is 1. The third-order valence-corrected chi connectivity index (χ3v) is 7.32. The van der Waals surface area contributed by atoms with Crippen molar-refractivity contribution in [2.75, 3.05) is 13.1 Å². The van der Waals surface area contributed by atoms with Crippen LogP contribution >= 0.6 is 11.6 Å². The van der Waals surface area contributed by atoms with Crippen molar-refractivity contribution in [3.63, 3.8) is 0 Å². The van der Waals surface area contributed by atoms with Crippen molar-refractivity contribution >= 4 is 32.5 Å². The number of hydrogen-bond acceptors (Lipinski definition) is 3. The van der Waals surface area contributed by atoms with Crippen LogP contribution in [-0.4, -0.2) is 36.9 Å². The molecule has 3 aromatic rings. The number of sulfonamides is 1. The van der Waals surface area contributed by atoms with E-state index < -0.39 is 10.0 Å². The van der Waals surface area contributed by atoms with Crippen LogP contribution in [0.25, 0.3) is 10.9 Å². The van der Waals surface area contributed by atoms with Crippen molar-refractivity contribution in [2.45, 2.75) is 37.2 Å². The van der Waals surface area contributed by atoms with Gasteiger partial charge in [0.05, 0.1) is 21.5 Å². The van der Waals surface area contributed by atoms with E-state index in [4.69, 9.17) is 16.3 Å². The fourth-order valence-electron chi connectivity index (χ4n) is 3.79. The molecule has 0 aliphatic carbocycles. The summed E-state index contributed by atoms with van der Waals surface area (Å²) < 4.78 is 33.3. The number of para-hydroxylation sites is 1. The summed E-state index contributed by atoms with van der Waals surface area (Å²) in [5.74, 6) is 0.814. The van der Waals surface area contributed by atoms with Crippen LogP contribution in [0.5, 0.6) is 5.75 Å². The third-order valence-electron chi connectivity index (χ3n) is 5.12. The van der Waals surface area contributed by atoms with Crippen LogP contribution in [0.3, 0.4) is 0 Å². The van der Waals surface area contributed by atoms with Crippen LogP contribution in [0.4, 0.5) is 0 Å². The van der Waals surface area contributed by atoms with Gasteiger partial charge in [-0.25, -0.2) is 8.42 Å². The first-order chi connectivity index (χ1) is 13.4. The van der Waals surface area contributed by atoms with Crippen LogP contribution in [0, 0.1) is 0 Å².